The number of nitrogens with zero attached hydrogens (tertiary/aromatic N) is 1. The summed E-state index contributed by atoms with van der Waals surface area (Å²) in [6, 6.07) is 9.73. The number of hydrogen-bond acceptors (Lipinski definition) is 8. The smallest absolute Gasteiger partial charge is 0.338 e. The van der Waals surface area contributed by atoms with Crippen molar-refractivity contribution in [2.45, 2.75) is 26.8 Å². The number of para-hydroxylation sites is 1. The van der Waals surface area contributed by atoms with Gasteiger partial charge in [0.05, 0.1) is 28.9 Å². The van der Waals surface area contributed by atoms with E-state index in [1.54, 1.807) is 50.2 Å². The number of allylic oxidation sites excluding steroid dienone is 1. The second-order valence-electron chi connectivity index (χ2n) is 7.81. The number of benzene rings is 2. The third kappa shape index (κ3) is 7.62. The van der Waals surface area contributed by atoms with Gasteiger partial charge in [-0.1, -0.05) is 34.1 Å². The molecule has 2 aromatic carbocycles. The summed E-state index contributed by atoms with van der Waals surface area (Å²) >= 11 is 12.0. The van der Waals surface area contributed by atoms with Crippen LogP contribution < -0.4 is 25.5 Å². The Morgan fingerprint density at radius 1 is 1.21 bits per heavy atom. The molecule has 3 rings (SSSR count). The van der Waals surface area contributed by atoms with Gasteiger partial charge in [-0.25, -0.2) is 10.2 Å². The normalized spacial score (nSPS) is 15.0. The van der Waals surface area contributed by atoms with Crippen LogP contribution in [0.5, 0.6) is 11.5 Å². The van der Waals surface area contributed by atoms with Gasteiger partial charge in [0.15, 0.2) is 17.5 Å². The van der Waals surface area contributed by atoms with Crippen LogP contribution in [0.4, 0.5) is 0 Å². The number of halogens is 2. The van der Waals surface area contributed by atoms with Gasteiger partial charge in [0.1, 0.15) is 5.75 Å². The zero-order chi connectivity index (χ0) is 27.8. The average Bonchev–Trinajstić information content (AvgIpc) is 2.84. The molecule has 200 valence electrons. The molecule has 1 atom stereocenters. The Labute approximate surface area is 241 Å². The van der Waals surface area contributed by atoms with E-state index >= 15 is 0 Å². The van der Waals surface area contributed by atoms with Crippen LogP contribution in [0.3, 0.4) is 0 Å². The Balaban J connectivity index is 1.74. The number of ether oxygens (including phenoxy) is 3. The van der Waals surface area contributed by atoms with Gasteiger partial charge in [0, 0.05) is 28.2 Å². The first-order valence-corrected chi connectivity index (χ1v) is 13.3. The van der Waals surface area contributed by atoms with Crippen molar-refractivity contribution in [1.29, 1.82) is 0 Å². The summed E-state index contributed by atoms with van der Waals surface area (Å²) in [7, 11) is 0. The number of amides is 1. The van der Waals surface area contributed by atoms with Crippen LogP contribution in [-0.4, -0.2) is 42.4 Å². The molecule has 3 N–H and O–H groups in total. The Morgan fingerprint density at radius 2 is 1.95 bits per heavy atom. The third-order valence-electron chi connectivity index (χ3n) is 5.03. The highest BCUT2D eigenvalue weighted by Crippen LogP contribution is 2.34. The van der Waals surface area contributed by atoms with Crippen LogP contribution in [0.2, 0.25) is 0 Å². The molecular formula is C25H24Br2N4O6S. The second kappa shape index (κ2) is 13.5. The topological polar surface area (TPSA) is 127 Å². The van der Waals surface area contributed by atoms with Crippen molar-refractivity contribution in [3.8, 4) is 11.5 Å². The van der Waals surface area contributed by atoms with E-state index in [0.29, 0.717) is 42.2 Å². The van der Waals surface area contributed by atoms with Crippen LogP contribution in [0.15, 0.2) is 61.7 Å². The molecule has 0 spiro atoms. The minimum atomic E-state index is -0.644. The molecule has 0 fully saturated rings. The van der Waals surface area contributed by atoms with Gasteiger partial charge >= 0.3 is 11.9 Å². The lowest BCUT2D eigenvalue weighted by molar-refractivity contribution is -0.139. The maximum absolute atomic E-state index is 12.7. The molecule has 1 amide bonds. The van der Waals surface area contributed by atoms with Gasteiger partial charge in [-0.3, -0.25) is 9.59 Å². The Bertz CT molecular complexity index is 1330. The second-order valence-corrected chi connectivity index (χ2v) is 9.99. The fourth-order valence-corrected chi connectivity index (χ4v) is 5.14. The lowest BCUT2D eigenvalue weighted by Crippen LogP contribution is -2.45. The zero-order valence-electron chi connectivity index (χ0n) is 20.6. The molecule has 0 saturated heterocycles. The molecule has 1 heterocycles. The number of hydrogen-bond donors (Lipinski definition) is 3. The third-order valence-corrected chi connectivity index (χ3v) is 6.30. The van der Waals surface area contributed by atoms with Gasteiger partial charge in [-0.15, -0.1) is 0 Å². The van der Waals surface area contributed by atoms with Crippen molar-refractivity contribution >= 4 is 73.3 Å². The van der Waals surface area contributed by atoms with Gasteiger partial charge < -0.3 is 24.8 Å². The van der Waals surface area contributed by atoms with Crippen molar-refractivity contribution in [2.75, 3.05) is 13.2 Å². The molecule has 0 unspecified atom stereocenters. The molecule has 13 heteroatoms. The minimum Gasteiger partial charge on any atom is -0.483 e. The number of thiocarbonyl (C=S) groups is 1. The van der Waals surface area contributed by atoms with Gasteiger partial charge in [-0.05, 0) is 60.2 Å². The summed E-state index contributed by atoms with van der Waals surface area (Å²) < 4.78 is 17.5. The quantitative estimate of drug-likeness (QED) is 0.119. The van der Waals surface area contributed by atoms with Gasteiger partial charge in [0.2, 0.25) is 0 Å². The van der Waals surface area contributed by atoms with E-state index in [2.05, 4.69) is 53.0 Å². The number of nitrogens with one attached hydrogen (secondary N) is 3. The lowest BCUT2D eigenvalue weighted by atomic mass is 9.95. The van der Waals surface area contributed by atoms with E-state index in [-0.39, 0.29) is 19.0 Å². The maximum Gasteiger partial charge on any atom is 0.338 e. The van der Waals surface area contributed by atoms with Crippen molar-refractivity contribution in [2.24, 2.45) is 5.10 Å². The summed E-state index contributed by atoms with van der Waals surface area (Å²) in [5.41, 5.74) is 4.35. The fourth-order valence-electron chi connectivity index (χ4n) is 3.53. The Morgan fingerprint density at radius 3 is 2.66 bits per heavy atom. The molecule has 0 radical (unpaired) electrons. The molecule has 0 saturated carbocycles. The summed E-state index contributed by atoms with van der Waals surface area (Å²) in [5.74, 6) is -0.899. The van der Waals surface area contributed by atoms with Crippen LogP contribution >= 0.6 is 44.1 Å². The van der Waals surface area contributed by atoms with Crippen molar-refractivity contribution in [3.63, 3.8) is 0 Å². The molecular weight excluding hydrogens is 644 g/mol. The SMILES string of the molecule is CCOC(=O)C1=C(C)NC(=S)N[C@H]1c1ccccc1OCC(=O)NN=Cc1cc(Br)cc(Br)c1OC(C)=O. The monoisotopic (exact) mass is 666 g/mol. The van der Waals surface area contributed by atoms with E-state index < -0.39 is 23.9 Å². The molecule has 10 nitrogen and oxygen atoms in total. The van der Waals surface area contributed by atoms with Crippen LogP contribution in [-0.2, 0) is 19.1 Å². The summed E-state index contributed by atoms with van der Waals surface area (Å²) in [4.78, 5) is 36.6. The molecule has 1 aliphatic rings. The van der Waals surface area contributed by atoms with Crippen molar-refractivity contribution < 1.29 is 28.6 Å². The average molecular weight is 668 g/mol. The molecule has 0 bridgehead atoms. The molecule has 0 aromatic heterocycles. The molecule has 2 aromatic rings. The van der Waals surface area contributed by atoms with E-state index in [1.807, 2.05) is 0 Å². The summed E-state index contributed by atoms with van der Waals surface area (Å²) in [5, 5.41) is 10.3. The van der Waals surface area contributed by atoms with Gasteiger partial charge in [-0.2, -0.15) is 5.10 Å². The van der Waals surface area contributed by atoms with Gasteiger partial charge in [0.25, 0.3) is 5.91 Å². The molecule has 38 heavy (non-hydrogen) atoms. The van der Waals surface area contributed by atoms with E-state index in [1.165, 1.54) is 13.1 Å². The van der Waals surface area contributed by atoms with Crippen LogP contribution in [0.1, 0.15) is 37.9 Å². The standard InChI is InChI=1S/C25H24Br2N4O6S/c1-4-35-24(34)21-13(2)29-25(38)30-22(21)17-7-5-6-8-19(17)36-12-20(33)31-28-11-15-9-16(26)10-18(27)23(15)37-14(3)32/h5-11,22H,4,12H2,1-3H3,(H,31,33)(H2,29,30,38)/t22-/m0/s1. The number of rotatable bonds is 9. The van der Waals surface area contributed by atoms with E-state index in [4.69, 9.17) is 26.4 Å². The Kier molecular flexibility index (Phi) is 10.4. The maximum atomic E-state index is 12.7. The van der Waals surface area contributed by atoms with Crippen molar-refractivity contribution in [1.82, 2.24) is 16.1 Å². The predicted molar refractivity (Wildman–Crippen MR) is 152 cm³/mol. The minimum absolute atomic E-state index is 0.213. The number of hydrazone groups is 1. The number of carbonyl (C=O) groups excluding carboxylic acids is 3. The molecule has 1 aliphatic heterocycles. The van der Waals surface area contributed by atoms with E-state index in [9.17, 15) is 14.4 Å². The van der Waals surface area contributed by atoms with E-state index in [0.717, 1.165) is 0 Å². The summed E-state index contributed by atoms with van der Waals surface area (Å²) in [6.45, 7) is 4.59. The first-order valence-electron chi connectivity index (χ1n) is 11.3. The largest absolute Gasteiger partial charge is 0.483 e. The molecule has 0 aliphatic carbocycles. The summed E-state index contributed by atoms with van der Waals surface area (Å²) in [6.07, 6.45) is 1.35. The van der Waals surface area contributed by atoms with Crippen molar-refractivity contribution in [3.05, 3.63) is 67.7 Å². The van der Waals surface area contributed by atoms with Crippen LogP contribution in [0.25, 0.3) is 0 Å². The fraction of sp³-hybridized carbons (Fsp3) is 0.240. The first kappa shape index (κ1) is 29.3. The zero-order valence-corrected chi connectivity index (χ0v) is 24.6. The number of esters is 2. The highest BCUT2D eigenvalue weighted by Gasteiger charge is 2.32. The lowest BCUT2D eigenvalue weighted by Gasteiger charge is -2.30. The highest BCUT2D eigenvalue weighted by molar-refractivity contribution is 9.11. The first-order chi connectivity index (χ1) is 18.1. The number of carbonyl (C=O) groups is 3. The van der Waals surface area contributed by atoms with Crippen LogP contribution in [0, 0.1) is 0 Å². The highest BCUT2D eigenvalue weighted by atomic mass is 79.9. The predicted octanol–water partition coefficient (Wildman–Crippen LogP) is 4.02. The Hall–Kier alpha value is -3.29.